The minimum Gasteiger partial charge on any atom is -0.461 e. The molecule has 0 unspecified atom stereocenters. The highest BCUT2D eigenvalue weighted by Gasteiger charge is 2.20. The van der Waals surface area contributed by atoms with Gasteiger partial charge >= 0.3 is 5.97 Å². The summed E-state index contributed by atoms with van der Waals surface area (Å²) in [7, 11) is 0. The Bertz CT molecular complexity index is 1110. The first-order valence-electron chi connectivity index (χ1n) is 7.69. The highest BCUT2D eigenvalue weighted by molar-refractivity contribution is 7.81. The van der Waals surface area contributed by atoms with Crippen molar-refractivity contribution in [3.05, 3.63) is 51.5 Å². The van der Waals surface area contributed by atoms with Gasteiger partial charge in [-0.3, -0.25) is 4.79 Å². The largest absolute Gasteiger partial charge is 0.461 e. The first-order chi connectivity index (χ1) is 13.0. The van der Waals surface area contributed by atoms with Crippen molar-refractivity contribution in [1.82, 2.24) is 15.0 Å². The van der Waals surface area contributed by atoms with E-state index >= 15 is 0 Å². The van der Waals surface area contributed by atoms with Crippen molar-refractivity contribution in [2.75, 3.05) is 11.9 Å². The number of para-hydroxylation sites is 1. The summed E-state index contributed by atoms with van der Waals surface area (Å²) in [4.78, 5) is 35.1. The molecule has 2 heterocycles. The zero-order valence-electron chi connectivity index (χ0n) is 13.9. The predicted octanol–water partition coefficient (Wildman–Crippen LogP) is 1.91. The minimum absolute atomic E-state index is 0.131. The average Bonchev–Trinajstić information content (AvgIpc) is 3.10. The van der Waals surface area contributed by atoms with Crippen LogP contribution in [0.5, 0.6) is 0 Å². The molecule has 0 bridgehead atoms. The van der Waals surface area contributed by atoms with Crippen LogP contribution < -0.4 is 10.9 Å². The van der Waals surface area contributed by atoms with Gasteiger partial charge in [0.15, 0.2) is 11.0 Å². The Morgan fingerprint density at radius 3 is 2.93 bits per heavy atom. The molecule has 0 saturated carbocycles. The molecule has 0 spiro atoms. The number of nitrogens with zero attached hydrogens (tertiary/aromatic N) is 3. The number of thiocarbonyl (C=S) groups is 1. The fourth-order valence-corrected chi connectivity index (χ4v) is 3.14. The van der Waals surface area contributed by atoms with Crippen LogP contribution in [0.1, 0.15) is 18.4 Å². The molecule has 0 aliphatic heterocycles. The summed E-state index contributed by atoms with van der Waals surface area (Å²) in [5, 5.41) is 17.1. The van der Waals surface area contributed by atoms with E-state index in [-0.39, 0.29) is 34.4 Å². The summed E-state index contributed by atoms with van der Waals surface area (Å²) in [6, 6.07) is 6.89. The van der Waals surface area contributed by atoms with E-state index in [4.69, 9.17) is 22.2 Å². The predicted molar refractivity (Wildman–Crippen MR) is 105 cm³/mol. The quantitative estimate of drug-likeness (QED) is 0.194. The number of nitrogens with one attached hydrogen (secondary N) is 2. The molecular weight excluding hydrogens is 390 g/mol. The Morgan fingerprint density at radius 1 is 1.41 bits per heavy atom. The van der Waals surface area contributed by atoms with Gasteiger partial charge in [-0.15, -0.1) is 11.3 Å². The smallest absolute Gasteiger partial charge is 0.362 e. The van der Waals surface area contributed by atoms with Gasteiger partial charge in [-0.05, 0) is 19.1 Å². The van der Waals surface area contributed by atoms with Crippen molar-refractivity contribution in [1.29, 1.82) is 0 Å². The molecular formula is C16H13N5O4S2. The van der Waals surface area contributed by atoms with Crippen molar-refractivity contribution >= 4 is 56.3 Å². The summed E-state index contributed by atoms with van der Waals surface area (Å²) < 4.78 is 4.80. The Balaban J connectivity index is 1.82. The number of hydrogen-bond acceptors (Lipinski definition) is 9. The van der Waals surface area contributed by atoms with Gasteiger partial charge in [0.05, 0.1) is 17.5 Å². The molecule has 3 aromatic rings. The fourth-order valence-electron chi connectivity index (χ4n) is 2.19. The maximum Gasteiger partial charge on any atom is 0.362 e. The lowest BCUT2D eigenvalue weighted by atomic mass is 10.2. The molecule has 27 heavy (non-hydrogen) atoms. The zero-order valence-corrected chi connectivity index (χ0v) is 15.6. The third-order valence-electron chi connectivity index (χ3n) is 3.36. The van der Waals surface area contributed by atoms with Crippen LogP contribution in [0.25, 0.3) is 10.9 Å². The van der Waals surface area contributed by atoms with Gasteiger partial charge in [0, 0.05) is 5.38 Å². The number of rotatable bonds is 5. The van der Waals surface area contributed by atoms with Crippen LogP contribution >= 0.6 is 23.6 Å². The lowest BCUT2D eigenvalue weighted by Gasteiger charge is -2.05. The number of thiazole rings is 1. The highest BCUT2D eigenvalue weighted by atomic mass is 32.1. The number of carbonyl (C=O) groups excluding carboxylic acids is 1. The molecule has 0 atom stereocenters. The number of hydrogen-bond donors (Lipinski definition) is 3. The van der Waals surface area contributed by atoms with Crippen LogP contribution in [0.15, 0.2) is 39.6 Å². The average molecular weight is 403 g/mol. The second-order valence-electron chi connectivity index (χ2n) is 5.09. The molecule has 1 aromatic carbocycles. The molecule has 9 nitrogen and oxygen atoms in total. The highest BCUT2D eigenvalue weighted by Crippen LogP contribution is 2.18. The molecule has 0 saturated heterocycles. The van der Waals surface area contributed by atoms with Gasteiger partial charge in [-0.2, -0.15) is 0 Å². The Morgan fingerprint density at radius 2 is 2.19 bits per heavy atom. The third-order valence-corrected chi connectivity index (χ3v) is 4.42. The number of carbonyl (C=O) groups is 1. The number of esters is 1. The third kappa shape index (κ3) is 3.99. The van der Waals surface area contributed by atoms with E-state index in [1.54, 1.807) is 31.2 Å². The van der Waals surface area contributed by atoms with Crippen LogP contribution in [0.4, 0.5) is 5.13 Å². The van der Waals surface area contributed by atoms with Crippen LogP contribution in [-0.2, 0) is 9.53 Å². The van der Waals surface area contributed by atoms with Crippen LogP contribution in [0, 0.1) is 0 Å². The van der Waals surface area contributed by atoms with E-state index in [0.29, 0.717) is 16.0 Å². The number of anilines is 1. The van der Waals surface area contributed by atoms with E-state index in [1.807, 2.05) is 0 Å². The lowest BCUT2D eigenvalue weighted by Crippen LogP contribution is -2.21. The van der Waals surface area contributed by atoms with E-state index < -0.39 is 5.97 Å². The molecule has 0 amide bonds. The molecule has 138 valence electrons. The summed E-state index contributed by atoms with van der Waals surface area (Å²) >= 11 is 6.40. The molecule has 0 radical (unpaired) electrons. The number of ether oxygens (including phenoxy) is 1. The van der Waals surface area contributed by atoms with Crippen LogP contribution in [0.2, 0.25) is 0 Å². The van der Waals surface area contributed by atoms with Crippen molar-refractivity contribution in [2.45, 2.75) is 6.92 Å². The fraction of sp³-hybridized carbons (Fsp3) is 0.125. The van der Waals surface area contributed by atoms with E-state index in [2.05, 4.69) is 25.4 Å². The normalized spacial score (nSPS) is 11.4. The Hall–Kier alpha value is -3.18. The van der Waals surface area contributed by atoms with Gasteiger partial charge < -0.3 is 20.2 Å². The first kappa shape index (κ1) is 18.6. The topological polar surface area (TPSA) is 130 Å². The second-order valence-corrected chi connectivity index (χ2v) is 6.36. The van der Waals surface area contributed by atoms with Gasteiger partial charge in [0.2, 0.25) is 5.71 Å². The van der Waals surface area contributed by atoms with Crippen LogP contribution in [0.3, 0.4) is 0 Å². The molecule has 3 rings (SSSR count). The summed E-state index contributed by atoms with van der Waals surface area (Å²) in [6.45, 7) is 1.77. The SMILES string of the molecule is CCOC(=O)C(=NO)c1csc(NC(=S)c2nc3ccccc3c(=O)[nH]2)n1. The number of benzene rings is 1. The van der Waals surface area contributed by atoms with Crippen molar-refractivity contribution in [3.63, 3.8) is 0 Å². The monoisotopic (exact) mass is 403 g/mol. The minimum atomic E-state index is -0.792. The summed E-state index contributed by atoms with van der Waals surface area (Å²) in [5.41, 5.74) is 0.0179. The number of H-pyrrole nitrogens is 1. The number of oxime groups is 1. The molecule has 3 N–H and O–H groups in total. The number of aromatic amines is 1. The number of fused-ring (bicyclic) bond motifs is 1. The van der Waals surface area contributed by atoms with Crippen LogP contribution in [-0.4, -0.2) is 43.4 Å². The molecule has 11 heteroatoms. The summed E-state index contributed by atoms with van der Waals surface area (Å²) in [6.07, 6.45) is 0. The molecule has 0 fully saturated rings. The summed E-state index contributed by atoms with van der Waals surface area (Å²) in [5.74, 6) is -0.605. The van der Waals surface area contributed by atoms with Gasteiger partial charge in [-0.25, -0.2) is 14.8 Å². The van der Waals surface area contributed by atoms with E-state index in [0.717, 1.165) is 11.3 Å². The Kier molecular flexibility index (Phi) is 5.52. The van der Waals surface area contributed by atoms with Crippen molar-refractivity contribution < 1.29 is 14.7 Å². The van der Waals surface area contributed by atoms with E-state index in [1.165, 1.54) is 5.38 Å². The van der Waals surface area contributed by atoms with Crippen molar-refractivity contribution in [2.24, 2.45) is 5.16 Å². The standard InChI is InChI=1S/C16H13N5O4S2/c1-2-25-15(23)11(21-24)10-7-27-16(18-10)20-14(26)12-17-9-6-4-3-5-8(9)13(22)19-12/h3-7,24H,2H2,1H3,(H,17,19,22)(H,18,20,26). The van der Waals surface area contributed by atoms with Gasteiger partial charge in [0.25, 0.3) is 5.56 Å². The molecule has 2 aromatic heterocycles. The first-order valence-corrected chi connectivity index (χ1v) is 8.97. The molecule has 0 aliphatic rings. The van der Waals surface area contributed by atoms with Gasteiger partial charge in [0.1, 0.15) is 10.7 Å². The second kappa shape index (κ2) is 8.01. The van der Waals surface area contributed by atoms with Gasteiger partial charge in [-0.1, -0.05) is 29.5 Å². The van der Waals surface area contributed by atoms with Crippen molar-refractivity contribution in [3.8, 4) is 0 Å². The molecule has 0 aliphatic carbocycles. The number of aromatic nitrogens is 3. The maximum absolute atomic E-state index is 12.1. The Labute approximate surface area is 161 Å². The van der Waals surface area contributed by atoms with E-state index in [9.17, 15) is 9.59 Å². The zero-order chi connectivity index (χ0) is 19.4. The lowest BCUT2D eigenvalue weighted by molar-refractivity contribution is -0.135. The maximum atomic E-state index is 12.1.